The van der Waals surface area contributed by atoms with Crippen LogP contribution in [0.3, 0.4) is 0 Å². The number of amides is 2. The van der Waals surface area contributed by atoms with E-state index < -0.39 is 6.03 Å². The molecule has 1 aromatic carbocycles. The first-order chi connectivity index (χ1) is 15.0. The molecule has 0 spiro atoms. The number of nitrogens with two attached hydrogens (primary N) is 1. The molecule has 164 valence electrons. The van der Waals surface area contributed by atoms with Gasteiger partial charge in [-0.15, -0.1) is 11.8 Å². The van der Waals surface area contributed by atoms with Crippen molar-refractivity contribution in [2.45, 2.75) is 4.90 Å². The van der Waals surface area contributed by atoms with Crippen molar-refractivity contribution < 1.29 is 9.53 Å². The summed E-state index contributed by atoms with van der Waals surface area (Å²) >= 11 is 9.21. The molecule has 0 aliphatic carbocycles. The predicted octanol–water partition coefficient (Wildman–Crippen LogP) is 4.11. The molecule has 8 nitrogen and oxygen atoms in total. The third kappa shape index (κ3) is 6.30. The Morgan fingerprint density at radius 1 is 1.29 bits per heavy atom. The van der Waals surface area contributed by atoms with Crippen LogP contribution in [0.5, 0.6) is 0 Å². The third-order valence-electron chi connectivity index (χ3n) is 4.26. The molecule has 3 rings (SSSR count). The number of benzene rings is 1. The van der Waals surface area contributed by atoms with Crippen LogP contribution in [0, 0.1) is 0 Å². The van der Waals surface area contributed by atoms with Gasteiger partial charge in [-0.1, -0.05) is 29.9 Å². The number of thioether (sulfide) groups is 2. The van der Waals surface area contributed by atoms with Gasteiger partial charge in [0.1, 0.15) is 11.0 Å². The van der Waals surface area contributed by atoms with Crippen molar-refractivity contribution in [3.05, 3.63) is 52.6 Å². The second-order valence-corrected chi connectivity index (χ2v) is 8.50. The second-order valence-electron chi connectivity index (χ2n) is 6.32. The van der Waals surface area contributed by atoms with Gasteiger partial charge in [-0.3, -0.25) is 0 Å². The summed E-state index contributed by atoms with van der Waals surface area (Å²) < 4.78 is 5.45. The largest absolute Gasteiger partial charge is 0.404 e. The summed E-state index contributed by atoms with van der Waals surface area (Å²) in [7, 11) is 0. The zero-order valence-electron chi connectivity index (χ0n) is 16.9. The highest BCUT2D eigenvalue weighted by molar-refractivity contribution is 8.05. The van der Waals surface area contributed by atoms with E-state index in [0.717, 1.165) is 29.4 Å². The van der Waals surface area contributed by atoms with Gasteiger partial charge in [-0.25, -0.2) is 14.8 Å². The Kier molecular flexibility index (Phi) is 8.47. The van der Waals surface area contributed by atoms with E-state index in [1.54, 1.807) is 17.5 Å². The van der Waals surface area contributed by atoms with Crippen LogP contribution >= 0.6 is 35.1 Å². The number of urea groups is 1. The number of rotatable bonds is 7. The van der Waals surface area contributed by atoms with Gasteiger partial charge in [-0.2, -0.15) is 0 Å². The summed E-state index contributed by atoms with van der Waals surface area (Å²) in [5, 5.41) is 7.88. The standard InChI is InChI=1S/C20H23ClN6O2S2/c1-13(31-12-7-22)23-20(28)24-15-5-3-14(4-6-15)18-25-17(21)16(30-2)19(26-18)27-8-10-29-11-9-27/h3-7,12H,1,8-11,22H2,2H3,(H2,23,24,28)/b12-7-. The fraction of sp³-hybridized carbons (Fsp3) is 0.250. The first-order valence-corrected chi connectivity index (χ1v) is 11.8. The number of nitrogens with zero attached hydrogens (tertiary/aromatic N) is 3. The summed E-state index contributed by atoms with van der Waals surface area (Å²) in [5.74, 6) is 1.34. The minimum absolute atomic E-state index is 0.395. The van der Waals surface area contributed by atoms with Crippen LogP contribution in [-0.2, 0) is 4.74 Å². The van der Waals surface area contributed by atoms with E-state index in [-0.39, 0.29) is 0 Å². The lowest BCUT2D eigenvalue weighted by Gasteiger charge is -2.29. The zero-order valence-corrected chi connectivity index (χ0v) is 19.3. The molecule has 4 N–H and O–H groups in total. The number of halogens is 1. The summed E-state index contributed by atoms with van der Waals surface area (Å²) in [5.41, 5.74) is 6.69. The van der Waals surface area contributed by atoms with Gasteiger partial charge in [0.25, 0.3) is 0 Å². The average Bonchev–Trinajstić information content (AvgIpc) is 2.78. The molecule has 2 aromatic rings. The molecule has 1 aliphatic rings. The third-order valence-corrected chi connectivity index (χ3v) is 6.11. The van der Waals surface area contributed by atoms with Crippen LogP contribution in [0.1, 0.15) is 0 Å². The van der Waals surface area contributed by atoms with Gasteiger partial charge < -0.3 is 26.0 Å². The molecule has 2 heterocycles. The highest BCUT2D eigenvalue weighted by atomic mass is 35.5. The van der Waals surface area contributed by atoms with E-state index >= 15 is 0 Å². The van der Waals surface area contributed by atoms with Crippen molar-refractivity contribution in [1.82, 2.24) is 15.3 Å². The zero-order chi connectivity index (χ0) is 22.2. The highest BCUT2D eigenvalue weighted by Gasteiger charge is 2.21. The van der Waals surface area contributed by atoms with Crippen LogP contribution < -0.4 is 21.3 Å². The van der Waals surface area contributed by atoms with Gasteiger partial charge in [0.15, 0.2) is 5.82 Å². The number of aromatic nitrogens is 2. The van der Waals surface area contributed by atoms with E-state index in [0.29, 0.717) is 34.9 Å². The van der Waals surface area contributed by atoms with Crippen LogP contribution in [-0.4, -0.2) is 48.6 Å². The molecule has 1 fully saturated rings. The molecule has 1 saturated heterocycles. The van der Waals surface area contributed by atoms with E-state index in [1.165, 1.54) is 29.7 Å². The lowest BCUT2D eigenvalue weighted by Crippen LogP contribution is -2.37. The van der Waals surface area contributed by atoms with Gasteiger partial charge in [0.05, 0.1) is 23.1 Å². The first-order valence-electron chi connectivity index (χ1n) is 9.36. The molecule has 11 heteroatoms. The first kappa shape index (κ1) is 23.3. The van der Waals surface area contributed by atoms with Gasteiger partial charge in [0.2, 0.25) is 0 Å². The van der Waals surface area contributed by atoms with Gasteiger partial charge in [-0.05, 0) is 35.9 Å². The second kappa shape index (κ2) is 11.3. The van der Waals surface area contributed by atoms with E-state index in [2.05, 4.69) is 27.1 Å². The smallest absolute Gasteiger partial charge is 0.324 e. The number of hydrogen-bond acceptors (Lipinski definition) is 8. The van der Waals surface area contributed by atoms with Crippen LogP contribution in [0.25, 0.3) is 11.4 Å². The fourth-order valence-electron chi connectivity index (χ4n) is 2.85. The Morgan fingerprint density at radius 2 is 2.00 bits per heavy atom. The lowest BCUT2D eigenvalue weighted by molar-refractivity contribution is 0.122. The van der Waals surface area contributed by atoms with Crippen LogP contribution in [0.2, 0.25) is 5.15 Å². The topological polar surface area (TPSA) is 105 Å². The number of ether oxygens (including phenoxy) is 1. The van der Waals surface area contributed by atoms with Crippen molar-refractivity contribution in [3.63, 3.8) is 0 Å². The Morgan fingerprint density at radius 3 is 2.65 bits per heavy atom. The molecule has 2 amide bonds. The molecule has 1 aliphatic heterocycles. The average molecular weight is 479 g/mol. The number of hydrogen-bond donors (Lipinski definition) is 3. The Hall–Kier alpha value is -2.40. The van der Waals surface area contributed by atoms with E-state index in [4.69, 9.17) is 27.1 Å². The van der Waals surface area contributed by atoms with Gasteiger partial charge >= 0.3 is 6.03 Å². The molecule has 0 radical (unpaired) electrons. The monoisotopic (exact) mass is 478 g/mol. The number of morpholine rings is 1. The van der Waals surface area contributed by atoms with Crippen molar-refractivity contribution in [2.24, 2.45) is 5.73 Å². The molecule has 0 saturated carbocycles. The van der Waals surface area contributed by atoms with Crippen molar-refractivity contribution in [3.8, 4) is 11.4 Å². The minimum atomic E-state index is -0.395. The fourth-order valence-corrected chi connectivity index (χ4v) is 4.21. The van der Waals surface area contributed by atoms with Crippen molar-refractivity contribution in [2.75, 3.05) is 42.8 Å². The van der Waals surface area contributed by atoms with Crippen molar-refractivity contribution >= 4 is 52.7 Å². The number of carbonyl (C=O) groups excluding carboxylic acids is 1. The Labute approximate surface area is 194 Å². The summed E-state index contributed by atoms with van der Waals surface area (Å²) in [6.07, 6.45) is 3.33. The van der Waals surface area contributed by atoms with Crippen LogP contribution in [0.4, 0.5) is 16.3 Å². The predicted molar refractivity (Wildman–Crippen MR) is 130 cm³/mol. The lowest BCUT2D eigenvalue weighted by atomic mass is 10.2. The van der Waals surface area contributed by atoms with E-state index in [1.807, 2.05) is 18.4 Å². The summed E-state index contributed by atoms with van der Waals surface area (Å²) in [6, 6.07) is 6.83. The highest BCUT2D eigenvalue weighted by Crippen LogP contribution is 2.35. The SMILES string of the molecule is C=C(NC(=O)Nc1ccc(-c2nc(Cl)c(SC)c(N3CCOCC3)n2)cc1)S/C=C\N. The maximum atomic E-state index is 12.1. The molecule has 31 heavy (non-hydrogen) atoms. The van der Waals surface area contributed by atoms with Gasteiger partial charge in [0, 0.05) is 30.5 Å². The van der Waals surface area contributed by atoms with Crippen LogP contribution in [0.15, 0.2) is 52.4 Å². The molecule has 1 aromatic heterocycles. The summed E-state index contributed by atoms with van der Waals surface area (Å²) in [4.78, 5) is 24.3. The maximum absolute atomic E-state index is 12.1. The number of carbonyl (C=O) groups is 1. The molecular formula is C20H23ClN6O2S2. The summed E-state index contributed by atoms with van der Waals surface area (Å²) in [6.45, 7) is 6.55. The Bertz CT molecular complexity index is 965. The molecule has 0 atom stereocenters. The molecule has 0 bridgehead atoms. The maximum Gasteiger partial charge on any atom is 0.324 e. The Balaban J connectivity index is 1.75. The molecular weight excluding hydrogens is 456 g/mol. The minimum Gasteiger partial charge on any atom is -0.404 e. The number of anilines is 2. The quantitative estimate of drug-likeness (QED) is 0.403. The van der Waals surface area contributed by atoms with E-state index in [9.17, 15) is 4.79 Å². The molecule has 0 unspecified atom stereocenters. The normalized spacial score (nSPS) is 13.9. The number of nitrogens with one attached hydrogen (secondary N) is 2. The van der Waals surface area contributed by atoms with Crippen molar-refractivity contribution in [1.29, 1.82) is 0 Å².